The third-order valence-corrected chi connectivity index (χ3v) is 5.80. The maximum Gasteiger partial charge on any atom is 0.416 e. The van der Waals surface area contributed by atoms with Crippen molar-refractivity contribution in [1.82, 2.24) is 0 Å². The molecular weight excluding hydrogens is 475 g/mol. The molecule has 2 aromatic rings. The average Bonchev–Trinajstić information content (AvgIpc) is 2.86. The van der Waals surface area contributed by atoms with Crippen LogP contribution in [-0.2, 0) is 30.0 Å². The van der Waals surface area contributed by atoms with Gasteiger partial charge in [0, 0.05) is 20.8 Å². The molecule has 0 unspecified atom stereocenters. The summed E-state index contributed by atoms with van der Waals surface area (Å²) in [4.78, 5) is 5.63. The first kappa shape index (κ1) is 27.9. The number of hydrogen-bond donors (Lipinski definition) is 0. The summed E-state index contributed by atoms with van der Waals surface area (Å²) in [6.07, 6.45) is -0.565. The number of ether oxygens (including phenoxy) is 4. The van der Waals surface area contributed by atoms with Gasteiger partial charge in [-0.1, -0.05) is 60.6 Å². The predicted octanol–water partition coefficient (Wildman–Crippen LogP) is 5.80. The van der Waals surface area contributed by atoms with E-state index in [4.69, 9.17) is 23.8 Å². The lowest BCUT2D eigenvalue weighted by Crippen LogP contribution is -2.59. The van der Waals surface area contributed by atoms with Gasteiger partial charge in [-0.15, -0.1) is 0 Å². The molecule has 36 heavy (non-hydrogen) atoms. The number of alkyl halides is 3. The second-order valence-electron chi connectivity index (χ2n) is 8.41. The second kappa shape index (κ2) is 13.0. The molecule has 0 amide bonds. The Kier molecular flexibility index (Phi) is 10.1. The SMILES string of the molecule is CCCO[C@@H]1[C@@H](OC)[C@H](C)O[C@@H](ON=Cc2ccc(C=Cc3ccc(C(F)(F)F)cc3)cc2)[C@@H]1OC. The smallest absolute Gasteiger partial charge is 0.376 e. The van der Waals surface area contributed by atoms with Crippen LogP contribution >= 0.6 is 0 Å². The molecule has 1 heterocycles. The second-order valence-corrected chi connectivity index (χ2v) is 8.41. The van der Waals surface area contributed by atoms with Gasteiger partial charge >= 0.3 is 6.18 Å². The molecule has 196 valence electrons. The van der Waals surface area contributed by atoms with Gasteiger partial charge in [0.1, 0.15) is 12.2 Å². The van der Waals surface area contributed by atoms with E-state index in [-0.39, 0.29) is 18.3 Å². The summed E-state index contributed by atoms with van der Waals surface area (Å²) in [7, 11) is 3.18. The highest BCUT2D eigenvalue weighted by Crippen LogP contribution is 2.30. The Morgan fingerprint density at radius 2 is 1.42 bits per heavy atom. The van der Waals surface area contributed by atoms with Crippen molar-refractivity contribution in [2.45, 2.75) is 57.2 Å². The Morgan fingerprint density at radius 3 is 1.94 bits per heavy atom. The fourth-order valence-electron chi connectivity index (χ4n) is 3.89. The minimum absolute atomic E-state index is 0.279. The Balaban J connectivity index is 1.59. The molecule has 1 saturated heterocycles. The number of methoxy groups -OCH3 is 2. The molecule has 1 fully saturated rings. The van der Waals surface area contributed by atoms with Crippen LogP contribution < -0.4 is 0 Å². The topological polar surface area (TPSA) is 58.5 Å². The first-order chi connectivity index (χ1) is 17.3. The van der Waals surface area contributed by atoms with Crippen LogP contribution in [0.3, 0.4) is 0 Å². The highest BCUT2D eigenvalue weighted by molar-refractivity contribution is 5.80. The number of nitrogens with zero attached hydrogens (tertiary/aromatic N) is 1. The maximum absolute atomic E-state index is 12.7. The van der Waals surface area contributed by atoms with E-state index < -0.39 is 24.1 Å². The van der Waals surface area contributed by atoms with Crippen molar-refractivity contribution in [3.63, 3.8) is 0 Å². The van der Waals surface area contributed by atoms with E-state index in [9.17, 15) is 13.2 Å². The van der Waals surface area contributed by atoms with E-state index in [0.29, 0.717) is 12.2 Å². The minimum atomic E-state index is -4.34. The monoisotopic (exact) mass is 507 g/mol. The summed E-state index contributed by atoms with van der Waals surface area (Å²) in [5.74, 6) is 0. The first-order valence-electron chi connectivity index (χ1n) is 11.7. The number of halogens is 3. The number of rotatable bonds is 10. The molecule has 0 N–H and O–H groups in total. The predicted molar refractivity (Wildman–Crippen MR) is 131 cm³/mol. The zero-order valence-corrected chi connectivity index (χ0v) is 20.8. The van der Waals surface area contributed by atoms with Crippen molar-refractivity contribution in [2.75, 3.05) is 20.8 Å². The van der Waals surface area contributed by atoms with Gasteiger partial charge in [0.25, 0.3) is 6.29 Å². The van der Waals surface area contributed by atoms with Gasteiger partial charge < -0.3 is 23.8 Å². The molecule has 1 aliphatic rings. The summed E-state index contributed by atoms with van der Waals surface area (Å²) < 4.78 is 61.1. The van der Waals surface area contributed by atoms with Crippen molar-refractivity contribution < 1.29 is 37.0 Å². The molecule has 6 nitrogen and oxygen atoms in total. The lowest BCUT2D eigenvalue weighted by atomic mass is 9.99. The molecule has 0 saturated carbocycles. The largest absolute Gasteiger partial charge is 0.416 e. The standard InChI is InChI=1S/C27H32F3NO5/c1-5-16-34-24-23(32-3)18(2)35-26(25(24)33-4)36-31-17-21-10-8-19(9-11-21)6-7-20-12-14-22(15-13-20)27(28,29)30/h6-15,17-18,23-26H,5,16H2,1-4H3/t18-,23-,24+,25+,26-/m0/s1. The fourth-order valence-corrected chi connectivity index (χ4v) is 3.89. The van der Waals surface area contributed by atoms with Gasteiger partial charge in [-0.3, -0.25) is 0 Å². The third-order valence-electron chi connectivity index (χ3n) is 5.80. The van der Waals surface area contributed by atoms with Crippen LogP contribution in [0.5, 0.6) is 0 Å². The van der Waals surface area contributed by atoms with Crippen LogP contribution in [0.4, 0.5) is 13.2 Å². The van der Waals surface area contributed by atoms with Gasteiger partial charge in [0.15, 0.2) is 6.10 Å². The quantitative estimate of drug-likeness (QED) is 0.231. The number of hydrogen-bond acceptors (Lipinski definition) is 6. The summed E-state index contributed by atoms with van der Waals surface area (Å²) in [6.45, 7) is 4.48. The van der Waals surface area contributed by atoms with Crippen LogP contribution in [0.2, 0.25) is 0 Å². The van der Waals surface area contributed by atoms with Gasteiger partial charge in [0.2, 0.25) is 0 Å². The summed E-state index contributed by atoms with van der Waals surface area (Å²) >= 11 is 0. The lowest BCUT2D eigenvalue weighted by Gasteiger charge is -2.42. The molecule has 0 radical (unpaired) electrons. The molecule has 1 aliphatic heterocycles. The minimum Gasteiger partial charge on any atom is -0.376 e. The zero-order valence-electron chi connectivity index (χ0n) is 20.8. The zero-order chi connectivity index (χ0) is 26.1. The van der Waals surface area contributed by atoms with Crippen molar-refractivity contribution in [3.8, 4) is 0 Å². The molecular formula is C27H32F3NO5. The number of oxime groups is 1. The Labute approximate surface area is 209 Å². The summed E-state index contributed by atoms with van der Waals surface area (Å²) in [5, 5.41) is 4.08. The van der Waals surface area contributed by atoms with Crippen molar-refractivity contribution in [2.24, 2.45) is 5.16 Å². The van der Waals surface area contributed by atoms with Crippen LogP contribution in [-0.4, -0.2) is 57.7 Å². The molecule has 2 aromatic carbocycles. The lowest BCUT2D eigenvalue weighted by molar-refractivity contribution is -0.308. The van der Waals surface area contributed by atoms with Gasteiger partial charge in [0.05, 0.1) is 17.9 Å². The van der Waals surface area contributed by atoms with Crippen molar-refractivity contribution in [1.29, 1.82) is 0 Å². The normalized spacial score (nSPS) is 25.0. The van der Waals surface area contributed by atoms with E-state index >= 15 is 0 Å². The molecule has 0 spiro atoms. The third kappa shape index (κ3) is 7.39. The van der Waals surface area contributed by atoms with Crippen molar-refractivity contribution in [3.05, 3.63) is 70.8 Å². The van der Waals surface area contributed by atoms with Crippen LogP contribution in [0.25, 0.3) is 12.2 Å². The Hall–Kier alpha value is -2.72. The van der Waals surface area contributed by atoms with E-state index in [1.165, 1.54) is 12.1 Å². The molecule has 0 aliphatic carbocycles. The summed E-state index contributed by atoms with van der Waals surface area (Å²) in [6, 6.07) is 12.5. The maximum atomic E-state index is 12.7. The highest BCUT2D eigenvalue weighted by atomic mass is 19.4. The van der Waals surface area contributed by atoms with E-state index in [0.717, 1.165) is 29.7 Å². The average molecular weight is 508 g/mol. The molecule has 0 aromatic heterocycles. The van der Waals surface area contributed by atoms with Crippen LogP contribution in [0, 0.1) is 0 Å². The van der Waals surface area contributed by atoms with E-state index in [1.54, 1.807) is 26.5 Å². The van der Waals surface area contributed by atoms with Gasteiger partial charge in [-0.05, 0) is 42.2 Å². The van der Waals surface area contributed by atoms with Crippen LogP contribution in [0.15, 0.2) is 53.7 Å². The molecule has 9 heteroatoms. The Morgan fingerprint density at radius 1 is 0.861 bits per heavy atom. The molecule has 5 atom stereocenters. The van der Waals surface area contributed by atoms with Gasteiger partial charge in [-0.25, -0.2) is 0 Å². The molecule has 0 bridgehead atoms. The Bertz CT molecular complexity index is 992. The van der Waals surface area contributed by atoms with E-state index in [1.807, 2.05) is 44.2 Å². The number of benzene rings is 2. The summed E-state index contributed by atoms with van der Waals surface area (Å²) in [5.41, 5.74) is 1.69. The van der Waals surface area contributed by atoms with Gasteiger partial charge in [-0.2, -0.15) is 13.2 Å². The first-order valence-corrected chi connectivity index (χ1v) is 11.7. The molecule has 3 rings (SSSR count). The fraction of sp³-hybridized carbons (Fsp3) is 0.444. The van der Waals surface area contributed by atoms with Crippen molar-refractivity contribution >= 4 is 18.4 Å². The highest BCUT2D eigenvalue weighted by Gasteiger charge is 2.47. The van der Waals surface area contributed by atoms with Crippen LogP contribution in [0.1, 0.15) is 42.5 Å². The van der Waals surface area contributed by atoms with E-state index in [2.05, 4.69) is 5.16 Å².